The molecule has 2 heterocycles. The minimum absolute atomic E-state index is 0.0797. The van der Waals surface area contributed by atoms with E-state index < -0.39 is 5.97 Å². The molecular formula is C11H16N2O2S2. The smallest absolute Gasteiger partial charge is 0.313 e. The summed E-state index contributed by atoms with van der Waals surface area (Å²) < 4.78 is 2.16. The summed E-state index contributed by atoms with van der Waals surface area (Å²) in [6.45, 7) is 1.96. The van der Waals surface area contributed by atoms with Crippen LogP contribution in [-0.4, -0.2) is 37.9 Å². The van der Waals surface area contributed by atoms with Crippen molar-refractivity contribution in [2.75, 3.05) is 17.3 Å². The molecule has 2 rings (SSSR count). The Hall–Kier alpha value is -0.620. The van der Waals surface area contributed by atoms with Gasteiger partial charge in [0.05, 0.1) is 11.4 Å². The quantitative estimate of drug-likeness (QED) is 0.853. The Morgan fingerprint density at radius 3 is 3.24 bits per heavy atom. The number of rotatable bonds is 4. The summed E-state index contributed by atoms with van der Waals surface area (Å²) in [5.74, 6) is 1.63. The van der Waals surface area contributed by atoms with Gasteiger partial charge in [0.15, 0.2) is 5.16 Å². The fourth-order valence-electron chi connectivity index (χ4n) is 1.93. The van der Waals surface area contributed by atoms with Crippen LogP contribution >= 0.6 is 23.5 Å². The van der Waals surface area contributed by atoms with Crippen molar-refractivity contribution in [1.29, 1.82) is 0 Å². The monoisotopic (exact) mass is 272 g/mol. The van der Waals surface area contributed by atoms with Gasteiger partial charge in [-0.3, -0.25) is 4.79 Å². The molecule has 1 N–H and O–H groups in total. The first-order chi connectivity index (χ1) is 8.16. The highest BCUT2D eigenvalue weighted by molar-refractivity contribution is 7.99. The highest BCUT2D eigenvalue weighted by Crippen LogP contribution is 2.30. The number of carbonyl (C=O) groups is 1. The summed E-state index contributed by atoms with van der Waals surface area (Å²) >= 11 is 3.28. The first-order valence-electron chi connectivity index (χ1n) is 5.64. The van der Waals surface area contributed by atoms with Gasteiger partial charge in [0.2, 0.25) is 0 Å². The predicted molar refractivity (Wildman–Crippen MR) is 70.9 cm³/mol. The molecule has 0 spiro atoms. The van der Waals surface area contributed by atoms with Gasteiger partial charge >= 0.3 is 5.97 Å². The molecule has 4 nitrogen and oxygen atoms in total. The molecule has 0 saturated carbocycles. The molecule has 17 heavy (non-hydrogen) atoms. The first kappa shape index (κ1) is 12.8. The van der Waals surface area contributed by atoms with Crippen molar-refractivity contribution < 1.29 is 9.90 Å². The van der Waals surface area contributed by atoms with Crippen LogP contribution in [0.4, 0.5) is 0 Å². The van der Waals surface area contributed by atoms with E-state index in [0.717, 1.165) is 16.6 Å². The molecule has 0 amide bonds. The van der Waals surface area contributed by atoms with Crippen LogP contribution in [-0.2, 0) is 4.79 Å². The van der Waals surface area contributed by atoms with Crippen LogP contribution in [0, 0.1) is 6.92 Å². The second-order valence-corrected chi connectivity index (χ2v) is 6.22. The Bertz CT molecular complexity index is 400. The van der Waals surface area contributed by atoms with Crippen LogP contribution in [0.2, 0.25) is 0 Å². The fourth-order valence-corrected chi connectivity index (χ4v) is 3.88. The molecule has 1 aromatic heterocycles. The summed E-state index contributed by atoms with van der Waals surface area (Å²) in [5, 5.41) is 9.57. The van der Waals surface area contributed by atoms with Gasteiger partial charge in [-0.15, -0.1) is 0 Å². The molecule has 0 bridgehead atoms. The Morgan fingerprint density at radius 2 is 2.59 bits per heavy atom. The van der Waals surface area contributed by atoms with E-state index in [4.69, 9.17) is 5.11 Å². The van der Waals surface area contributed by atoms with Crippen LogP contribution in [0.15, 0.2) is 11.4 Å². The van der Waals surface area contributed by atoms with Crippen molar-refractivity contribution in [3.63, 3.8) is 0 Å². The van der Waals surface area contributed by atoms with Crippen molar-refractivity contribution in [3.8, 4) is 0 Å². The van der Waals surface area contributed by atoms with E-state index >= 15 is 0 Å². The standard InChI is InChI=1S/C11H16N2O2S2/c1-8-5-13(9-3-2-4-16-6-9)11(12-8)17-7-10(14)15/h5,9H,2-4,6-7H2,1H3,(H,14,15). The van der Waals surface area contributed by atoms with Gasteiger partial charge in [-0.05, 0) is 25.5 Å². The summed E-state index contributed by atoms with van der Waals surface area (Å²) in [5.41, 5.74) is 0.966. The second kappa shape index (κ2) is 5.82. The van der Waals surface area contributed by atoms with Crippen molar-refractivity contribution in [2.45, 2.75) is 31.0 Å². The third kappa shape index (κ3) is 3.42. The van der Waals surface area contributed by atoms with Gasteiger partial charge in [0, 0.05) is 18.0 Å². The SMILES string of the molecule is Cc1cn(C2CCCSC2)c(SCC(=O)O)n1. The van der Waals surface area contributed by atoms with Crippen molar-refractivity contribution in [3.05, 3.63) is 11.9 Å². The summed E-state index contributed by atoms with van der Waals surface area (Å²) in [6.07, 6.45) is 4.44. The van der Waals surface area contributed by atoms with Crippen LogP contribution < -0.4 is 0 Å². The largest absolute Gasteiger partial charge is 0.481 e. The van der Waals surface area contributed by atoms with Gasteiger partial charge < -0.3 is 9.67 Å². The van der Waals surface area contributed by atoms with Gasteiger partial charge in [-0.1, -0.05) is 11.8 Å². The van der Waals surface area contributed by atoms with Gasteiger partial charge in [0.1, 0.15) is 0 Å². The number of carboxylic acids is 1. The third-order valence-corrected chi connectivity index (χ3v) is 4.82. The van der Waals surface area contributed by atoms with E-state index in [1.807, 2.05) is 24.9 Å². The molecule has 1 fully saturated rings. The zero-order valence-electron chi connectivity index (χ0n) is 9.76. The predicted octanol–water partition coefficient (Wildman–Crippen LogP) is 2.44. The number of hydrogen-bond donors (Lipinski definition) is 1. The van der Waals surface area contributed by atoms with E-state index in [-0.39, 0.29) is 5.75 Å². The molecular weight excluding hydrogens is 256 g/mol. The van der Waals surface area contributed by atoms with E-state index in [9.17, 15) is 4.79 Å². The van der Waals surface area contributed by atoms with Crippen LogP contribution in [0.25, 0.3) is 0 Å². The lowest BCUT2D eigenvalue weighted by Crippen LogP contribution is -2.16. The van der Waals surface area contributed by atoms with Crippen molar-refractivity contribution in [2.24, 2.45) is 0 Å². The number of imidazole rings is 1. The minimum atomic E-state index is -0.791. The van der Waals surface area contributed by atoms with Gasteiger partial charge in [-0.2, -0.15) is 11.8 Å². The highest BCUT2D eigenvalue weighted by atomic mass is 32.2. The zero-order valence-corrected chi connectivity index (χ0v) is 11.4. The lowest BCUT2D eigenvalue weighted by atomic mass is 10.2. The Labute approximate surface area is 109 Å². The Kier molecular flexibility index (Phi) is 4.39. The molecule has 6 heteroatoms. The van der Waals surface area contributed by atoms with Crippen molar-refractivity contribution >= 4 is 29.5 Å². The van der Waals surface area contributed by atoms with Crippen LogP contribution in [0.3, 0.4) is 0 Å². The maximum Gasteiger partial charge on any atom is 0.313 e. The van der Waals surface area contributed by atoms with E-state index in [0.29, 0.717) is 6.04 Å². The van der Waals surface area contributed by atoms with Gasteiger partial charge in [0.25, 0.3) is 0 Å². The van der Waals surface area contributed by atoms with E-state index in [2.05, 4.69) is 9.55 Å². The van der Waals surface area contributed by atoms with Gasteiger partial charge in [-0.25, -0.2) is 4.98 Å². The summed E-state index contributed by atoms with van der Waals surface area (Å²) in [6, 6.07) is 0.478. The van der Waals surface area contributed by atoms with Crippen molar-refractivity contribution in [1.82, 2.24) is 9.55 Å². The van der Waals surface area contributed by atoms with E-state index in [1.165, 1.54) is 30.4 Å². The number of nitrogens with zero attached hydrogens (tertiary/aromatic N) is 2. The average Bonchev–Trinajstić information content (AvgIpc) is 2.69. The Balaban J connectivity index is 2.11. The molecule has 94 valence electrons. The highest BCUT2D eigenvalue weighted by Gasteiger charge is 2.19. The molecule has 0 radical (unpaired) electrons. The lowest BCUT2D eigenvalue weighted by molar-refractivity contribution is -0.133. The first-order valence-corrected chi connectivity index (χ1v) is 7.78. The molecule has 1 atom stereocenters. The van der Waals surface area contributed by atoms with E-state index in [1.54, 1.807) is 0 Å². The summed E-state index contributed by atoms with van der Waals surface area (Å²) in [7, 11) is 0. The number of thioether (sulfide) groups is 2. The fraction of sp³-hybridized carbons (Fsp3) is 0.636. The third-order valence-electron chi connectivity index (χ3n) is 2.67. The molecule has 0 aliphatic carbocycles. The minimum Gasteiger partial charge on any atom is -0.481 e. The lowest BCUT2D eigenvalue weighted by Gasteiger charge is -2.23. The zero-order chi connectivity index (χ0) is 12.3. The number of aromatic nitrogens is 2. The number of hydrogen-bond acceptors (Lipinski definition) is 4. The normalized spacial score (nSPS) is 20.4. The molecule has 1 saturated heterocycles. The number of aliphatic carboxylic acids is 1. The summed E-state index contributed by atoms with van der Waals surface area (Å²) in [4.78, 5) is 15.0. The van der Waals surface area contributed by atoms with Crippen LogP contribution in [0.1, 0.15) is 24.6 Å². The molecule has 1 aliphatic rings. The maximum absolute atomic E-state index is 10.6. The average molecular weight is 272 g/mol. The molecule has 1 unspecified atom stereocenters. The number of aryl methyl sites for hydroxylation is 1. The van der Waals surface area contributed by atoms with Crippen LogP contribution in [0.5, 0.6) is 0 Å². The maximum atomic E-state index is 10.6. The molecule has 1 aliphatic heterocycles. The topological polar surface area (TPSA) is 55.1 Å². The number of carboxylic acid groups (broad SMARTS) is 1. The second-order valence-electron chi connectivity index (χ2n) is 4.13. The molecule has 1 aromatic rings. The molecule has 0 aromatic carbocycles. The Morgan fingerprint density at radius 1 is 1.76 bits per heavy atom.